The monoisotopic (exact) mass is 345 g/mol. The predicted molar refractivity (Wildman–Crippen MR) is 83.7 cm³/mol. The van der Waals surface area contributed by atoms with Crippen LogP contribution in [0.15, 0.2) is 64.8 Å². The fourth-order valence-electron chi connectivity index (χ4n) is 1.66. The fourth-order valence-corrected chi connectivity index (χ4v) is 1.93. The summed E-state index contributed by atoms with van der Waals surface area (Å²) in [5.41, 5.74) is 0.915. The Morgan fingerprint density at radius 2 is 1.62 bits per heavy atom. The van der Waals surface area contributed by atoms with Gasteiger partial charge in [-0.25, -0.2) is 4.79 Å². The van der Waals surface area contributed by atoms with Crippen LogP contribution in [0.2, 0.25) is 0 Å². The number of hydrogen-bond acceptors (Lipinski definition) is 2. The third-order valence-electron chi connectivity index (χ3n) is 2.70. The molecular weight excluding hydrogens is 334 g/mol. The fraction of sp³-hybridized carbons (Fsp3) is 0. The molecule has 0 heterocycles. The van der Waals surface area contributed by atoms with E-state index in [0.717, 1.165) is 4.47 Å². The van der Waals surface area contributed by atoms with E-state index >= 15 is 0 Å². The Hall–Kier alpha value is -2.40. The van der Waals surface area contributed by atoms with E-state index < -0.39 is 11.9 Å². The van der Waals surface area contributed by atoms with E-state index in [1.54, 1.807) is 48.5 Å². The second-order valence-electron chi connectivity index (χ2n) is 4.23. The summed E-state index contributed by atoms with van der Waals surface area (Å²) in [6.45, 7) is 0. The van der Waals surface area contributed by atoms with Crippen molar-refractivity contribution < 1.29 is 14.7 Å². The van der Waals surface area contributed by atoms with E-state index in [2.05, 4.69) is 21.2 Å². The number of nitrogens with one attached hydrogen (secondary N) is 1. The van der Waals surface area contributed by atoms with E-state index in [0.29, 0.717) is 11.1 Å². The molecule has 0 aliphatic rings. The van der Waals surface area contributed by atoms with Gasteiger partial charge in [-0.2, -0.15) is 0 Å². The lowest BCUT2D eigenvalue weighted by Gasteiger charge is -2.06. The van der Waals surface area contributed by atoms with Gasteiger partial charge in [0.1, 0.15) is 5.70 Å². The zero-order chi connectivity index (χ0) is 15.2. The lowest BCUT2D eigenvalue weighted by molar-refractivity contribution is -0.132. The van der Waals surface area contributed by atoms with Crippen molar-refractivity contribution in [2.75, 3.05) is 0 Å². The summed E-state index contributed by atoms with van der Waals surface area (Å²) in [4.78, 5) is 23.3. The quantitative estimate of drug-likeness (QED) is 0.835. The van der Waals surface area contributed by atoms with Crippen LogP contribution in [0.5, 0.6) is 0 Å². The van der Waals surface area contributed by atoms with Gasteiger partial charge in [0.05, 0.1) is 0 Å². The first kappa shape index (κ1) is 15.0. The molecule has 4 nitrogen and oxygen atoms in total. The number of carboxylic acid groups (broad SMARTS) is 1. The van der Waals surface area contributed by atoms with E-state index in [1.165, 1.54) is 6.08 Å². The molecule has 0 aliphatic heterocycles. The second-order valence-corrected chi connectivity index (χ2v) is 5.15. The van der Waals surface area contributed by atoms with Crippen LogP contribution in [0.25, 0.3) is 6.08 Å². The van der Waals surface area contributed by atoms with Gasteiger partial charge in [-0.05, 0) is 35.9 Å². The lowest BCUT2D eigenvalue weighted by atomic mass is 10.1. The second kappa shape index (κ2) is 6.85. The van der Waals surface area contributed by atoms with Gasteiger partial charge in [0.25, 0.3) is 5.91 Å². The minimum Gasteiger partial charge on any atom is -0.477 e. The summed E-state index contributed by atoms with van der Waals surface area (Å²) < 4.78 is 0.845. The van der Waals surface area contributed by atoms with Crippen molar-refractivity contribution in [2.45, 2.75) is 0 Å². The number of carbonyl (C=O) groups is 2. The van der Waals surface area contributed by atoms with Crippen LogP contribution in [-0.2, 0) is 4.79 Å². The van der Waals surface area contributed by atoms with E-state index in [9.17, 15) is 14.7 Å². The summed E-state index contributed by atoms with van der Waals surface area (Å²) in [6, 6.07) is 15.6. The summed E-state index contributed by atoms with van der Waals surface area (Å²) in [7, 11) is 0. The molecule has 5 heteroatoms. The number of carboxylic acids is 1. The first-order valence-electron chi connectivity index (χ1n) is 6.13. The van der Waals surface area contributed by atoms with Crippen LogP contribution < -0.4 is 5.32 Å². The normalized spacial score (nSPS) is 11.0. The molecule has 0 bridgehead atoms. The van der Waals surface area contributed by atoms with Gasteiger partial charge >= 0.3 is 5.97 Å². The van der Waals surface area contributed by atoms with Gasteiger partial charge in [-0.15, -0.1) is 0 Å². The number of halogens is 1. The number of hydrogen-bond donors (Lipinski definition) is 2. The molecule has 0 aliphatic carbocycles. The number of carbonyl (C=O) groups excluding carboxylic acids is 1. The molecule has 2 rings (SSSR count). The van der Waals surface area contributed by atoms with Gasteiger partial charge in [0.2, 0.25) is 0 Å². The van der Waals surface area contributed by atoms with Crippen LogP contribution in [-0.4, -0.2) is 17.0 Å². The molecule has 0 saturated carbocycles. The Kier molecular flexibility index (Phi) is 4.90. The smallest absolute Gasteiger partial charge is 0.352 e. The van der Waals surface area contributed by atoms with Gasteiger partial charge in [0.15, 0.2) is 0 Å². The van der Waals surface area contributed by atoms with Crippen LogP contribution >= 0.6 is 15.9 Å². The molecule has 0 unspecified atom stereocenters. The Labute approximate surface area is 130 Å². The SMILES string of the molecule is O=C(O)/C(=C/c1ccccc1)NC(=O)c1ccc(Br)cc1. The maximum atomic E-state index is 12.0. The third-order valence-corrected chi connectivity index (χ3v) is 3.22. The highest BCUT2D eigenvalue weighted by molar-refractivity contribution is 9.10. The summed E-state index contributed by atoms with van der Waals surface area (Å²) in [5.74, 6) is -1.66. The molecule has 0 radical (unpaired) electrons. The van der Waals surface area contributed by atoms with Crippen molar-refractivity contribution in [3.05, 3.63) is 75.9 Å². The Balaban J connectivity index is 2.21. The molecule has 21 heavy (non-hydrogen) atoms. The lowest BCUT2D eigenvalue weighted by Crippen LogP contribution is -2.27. The molecule has 0 spiro atoms. The number of rotatable bonds is 4. The number of aliphatic carboxylic acids is 1. The van der Waals surface area contributed by atoms with E-state index in [4.69, 9.17) is 0 Å². The molecule has 1 amide bonds. The van der Waals surface area contributed by atoms with Crippen LogP contribution in [0.4, 0.5) is 0 Å². The van der Waals surface area contributed by atoms with Gasteiger partial charge in [-0.1, -0.05) is 46.3 Å². The maximum absolute atomic E-state index is 12.0. The summed E-state index contributed by atoms with van der Waals surface area (Å²) >= 11 is 3.28. The largest absolute Gasteiger partial charge is 0.477 e. The van der Waals surface area contributed by atoms with E-state index in [1.807, 2.05) is 6.07 Å². The molecule has 0 atom stereocenters. The Morgan fingerprint density at radius 1 is 1.00 bits per heavy atom. The van der Waals surface area contributed by atoms with Crippen molar-refractivity contribution in [1.82, 2.24) is 5.32 Å². The highest BCUT2D eigenvalue weighted by Crippen LogP contribution is 2.11. The minimum atomic E-state index is -1.19. The molecule has 2 aromatic carbocycles. The molecular formula is C16H12BrNO3. The predicted octanol–water partition coefficient (Wildman–Crippen LogP) is 3.30. The Morgan fingerprint density at radius 3 is 2.19 bits per heavy atom. The van der Waals surface area contributed by atoms with Gasteiger partial charge in [0, 0.05) is 10.0 Å². The number of amides is 1. The molecule has 2 aromatic rings. The molecule has 0 saturated heterocycles. The first-order valence-corrected chi connectivity index (χ1v) is 6.92. The topological polar surface area (TPSA) is 66.4 Å². The highest BCUT2D eigenvalue weighted by atomic mass is 79.9. The highest BCUT2D eigenvalue weighted by Gasteiger charge is 2.13. The van der Waals surface area contributed by atoms with Crippen molar-refractivity contribution in [3.63, 3.8) is 0 Å². The van der Waals surface area contributed by atoms with Crippen LogP contribution in [0.1, 0.15) is 15.9 Å². The minimum absolute atomic E-state index is 0.172. The zero-order valence-corrected chi connectivity index (χ0v) is 12.5. The van der Waals surface area contributed by atoms with Crippen molar-refractivity contribution in [1.29, 1.82) is 0 Å². The molecule has 0 fully saturated rings. The van der Waals surface area contributed by atoms with Gasteiger partial charge < -0.3 is 10.4 Å². The van der Waals surface area contributed by atoms with Crippen molar-refractivity contribution in [2.24, 2.45) is 0 Å². The maximum Gasteiger partial charge on any atom is 0.352 e. The molecule has 2 N–H and O–H groups in total. The average molecular weight is 346 g/mol. The molecule has 0 aromatic heterocycles. The van der Waals surface area contributed by atoms with E-state index in [-0.39, 0.29) is 5.70 Å². The summed E-state index contributed by atoms with van der Waals surface area (Å²) in [5, 5.41) is 11.6. The van der Waals surface area contributed by atoms with Crippen molar-refractivity contribution in [3.8, 4) is 0 Å². The Bertz CT molecular complexity index is 678. The standard InChI is InChI=1S/C16H12BrNO3/c17-13-8-6-12(7-9-13)15(19)18-14(16(20)21)10-11-4-2-1-3-5-11/h1-10H,(H,18,19)(H,20,21)/b14-10-. The van der Waals surface area contributed by atoms with Crippen LogP contribution in [0.3, 0.4) is 0 Å². The van der Waals surface area contributed by atoms with Crippen molar-refractivity contribution >= 4 is 33.9 Å². The molecule has 106 valence electrons. The van der Waals surface area contributed by atoms with Gasteiger partial charge in [-0.3, -0.25) is 4.79 Å². The first-order chi connectivity index (χ1) is 10.1. The third kappa shape index (κ3) is 4.29. The van der Waals surface area contributed by atoms with Crippen LogP contribution in [0, 0.1) is 0 Å². The average Bonchev–Trinajstić information content (AvgIpc) is 2.48. The summed E-state index contributed by atoms with van der Waals surface area (Å²) in [6.07, 6.45) is 1.42. The zero-order valence-electron chi connectivity index (χ0n) is 10.9. The number of benzene rings is 2.